The predicted octanol–water partition coefficient (Wildman–Crippen LogP) is 3.27. The van der Waals surface area contributed by atoms with E-state index < -0.39 is 0 Å². The molecule has 0 radical (unpaired) electrons. The molecule has 0 unspecified atom stereocenters. The van der Waals surface area contributed by atoms with E-state index in [2.05, 4.69) is 15.2 Å². The standard InChI is InChI=1S/C17H18ClN3O/c18-15-6-2-1-5-14(15)17(22)20-12-13-7-8-19-16(11-13)21-9-3-4-10-21/h1-2,5-8,11H,3-4,9-10,12H2,(H,20,22). The van der Waals surface area contributed by atoms with Crippen LogP contribution in [0.2, 0.25) is 5.02 Å². The van der Waals surface area contributed by atoms with Crippen molar-refractivity contribution in [1.29, 1.82) is 0 Å². The van der Waals surface area contributed by atoms with Gasteiger partial charge in [0.1, 0.15) is 5.82 Å². The average Bonchev–Trinajstić information content (AvgIpc) is 3.08. The third kappa shape index (κ3) is 3.39. The summed E-state index contributed by atoms with van der Waals surface area (Å²) in [6, 6.07) is 11.0. The Hall–Kier alpha value is -2.07. The van der Waals surface area contributed by atoms with Crippen molar-refractivity contribution in [3.05, 3.63) is 58.7 Å². The topological polar surface area (TPSA) is 45.2 Å². The lowest BCUT2D eigenvalue weighted by Crippen LogP contribution is -2.24. The molecule has 4 nitrogen and oxygen atoms in total. The molecule has 1 aliphatic rings. The van der Waals surface area contributed by atoms with Crippen molar-refractivity contribution >= 4 is 23.3 Å². The highest BCUT2D eigenvalue weighted by molar-refractivity contribution is 6.33. The molecular weight excluding hydrogens is 298 g/mol. The molecule has 22 heavy (non-hydrogen) atoms. The lowest BCUT2D eigenvalue weighted by atomic mass is 10.2. The van der Waals surface area contributed by atoms with Gasteiger partial charge in [-0.15, -0.1) is 0 Å². The van der Waals surface area contributed by atoms with Crippen LogP contribution in [0, 0.1) is 0 Å². The molecule has 0 saturated carbocycles. The minimum Gasteiger partial charge on any atom is -0.357 e. The largest absolute Gasteiger partial charge is 0.357 e. The second-order valence-corrected chi connectivity index (χ2v) is 5.79. The van der Waals surface area contributed by atoms with Crippen LogP contribution in [0.4, 0.5) is 5.82 Å². The van der Waals surface area contributed by atoms with Crippen LogP contribution in [-0.2, 0) is 6.54 Å². The summed E-state index contributed by atoms with van der Waals surface area (Å²) in [6.07, 6.45) is 4.23. The molecule has 1 N–H and O–H groups in total. The highest BCUT2D eigenvalue weighted by Gasteiger charge is 2.14. The highest BCUT2D eigenvalue weighted by Crippen LogP contribution is 2.19. The molecule has 1 aliphatic heterocycles. The summed E-state index contributed by atoms with van der Waals surface area (Å²) >= 11 is 6.03. The maximum atomic E-state index is 12.2. The van der Waals surface area contributed by atoms with Crippen molar-refractivity contribution in [2.24, 2.45) is 0 Å². The van der Waals surface area contributed by atoms with Crippen LogP contribution < -0.4 is 10.2 Å². The first-order valence-electron chi connectivity index (χ1n) is 7.46. The van der Waals surface area contributed by atoms with E-state index in [4.69, 9.17) is 11.6 Å². The van der Waals surface area contributed by atoms with Gasteiger partial charge in [-0.2, -0.15) is 0 Å². The van der Waals surface area contributed by atoms with Crippen molar-refractivity contribution in [2.45, 2.75) is 19.4 Å². The van der Waals surface area contributed by atoms with Gasteiger partial charge in [0.2, 0.25) is 0 Å². The van der Waals surface area contributed by atoms with Gasteiger partial charge in [-0.1, -0.05) is 23.7 Å². The summed E-state index contributed by atoms with van der Waals surface area (Å²) in [4.78, 5) is 18.8. The second-order valence-electron chi connectivity index (χ2n) is 5.38. The van der Waals surface area contributed by atoms with Gasteiger partial charge in [0.25, 0.3) is 5.91 Å². The Morgan fingerprint density at radius 2 is 2.00 bits per heavy atom. The number of carbonyl (C=O) groups is 1. The molecule has 3 rings (SSSR count). The van der Waals surface area contributed by atoms with E-state index in [0.717, 1.165) is 24.5 Å². The first-order chi connectivity index (χ1) is 10.7. The van der Waals surface area contributed by atoms with Crippen molar-refractivity contribution in [3.63, 3.8) is 0 Å². The van der Waals surface area contributed by atoms with Crippen molar-refractivity contribution < 1.29 is 4.79 Å². The molecule has 5 heteroatoms. The van der Waals surface area contributed by atoms with Gasteiger partial charge in [-0.25, -0.2) is 4.98 Å². The van der Waals surface area contributed by atoms with Crippen LogP contribution in [0.25, 0.3) is 0 Å². The second kappa shape index (κ2) is 6.79. The van der Waals surface area contributed by atoms with Gasteiger partial charge in [-0.3, -0.25) is 4.79 Å². The number of pyridine rings is 1. The van der Waals surface area contributed by atoms with Crippen LogP contribution in [0.15, 0.2) is 42.6 Å². The minimum absolute atomic E-state index is 0.162. The number of anilines is 1. The number of hydrogen-bond donors (Lipinski definition) is 1. The van der Waals surface area contributed by atoms with Crippen LogP contribution in [0.5, 0.6) is 0 Å². The third-order valence-corrected chi connectivity index (χ3v) is 4.14. The fourth-order valence-corrected chi connectivity index (χ4v) is 2.83. The van der Waals surface area contributed by atoms with Gasteiger partial charge in [0.05, 0.1) is 10.6 Å². The molecule has 1 aromatic heterocycles. The van der Waals surface area contributed by atoms with E-state index in [1.165, 1.54) is 12.8 Å². The van der Waals surface area contributed by atoms with Crippen LogP contribution in [0.1, 0.15) is 28.8 Å². The van der Waals surface area contributed by atoms with Crippen LogP contribution >= 0.6 is 11.6 Å². The average molecular weight is 316 g/mol. The van der Waals surface area contributed by atoms with Gasteiger partial charge in [0.15, 0.2) is 0 Å². The Morgan fingerprint density at radius 3 is 2.77 bits per heavy atom. The van der Waals surface area contributed by atoms with Crippen LogP contribution in [0.3, 0.4) is 0 Å². The summed E-state index contributed by atoms with van der Waals surface area (Å²) < 4.78 is 0. The molecule has 0 atom stereocenters. The Labute approximate surface area is 135 Å². The molecule has 1 fully saturated rings. The lowest BCUT2D eigenvalue weighted by Gasteiger charge is -2.17. The molecule has 2 heterocycles. The maximum Gasteiger partial charge on any atom is 0.253 e. The zero-order valence-electron chi connectivity index (χ0n) is 12.3. The number of aromatic nitrogens is 1. The molecule has 2 aromatic rings. The molecule has 0 spiro atoms. The number of amides is 1. The first-order valence-corrected chi connectivity index (χ1v) is 7.84. The molecule has 0 bridgehead atoms. The molecule has 1 saturated heterocycles. The zero-order valence-corrected chi connectivity index (χ0v) is 13.0. The molecule has 0 aliphatic carbocycles. The number of carbonyl (C=O) groups excluding carboxylic acids is 1. The van der Waals surface area contributed by atoms with E-state index in [1.54, 1.807) is 24.4 Å². The summed E-state index contributed by atoms with van der Waals surface area (Å²) in [5.41, 5.74) is 1.54. The van der Waals surface area contributed by atoms with E-state index in [9.17, 15) is 4.79 Å². The zero-order chi connectivity index (χ0) is 15.4. The van der Waals surface area contributed by atoms with Crippen molar-refractivity contribution in [1.82, 2.24) is 10.3 Å². The Morgan fingerprint density at radius 1 is 1.23 bits per heavy atom. The summed E-state index contributed by atoms with van der Waals surface area (Å²) in [7, 11) is 0. The molecule has 114 valence electrons. The van der Waals surface area contributed by atoms with Crippen molar-refractivity contribution in [2.75, 3.05) is 18.0 Å². The number of halogens is 1. The Bertz CT molecular complexity index is 668. The molecule has 1 amide bonds. The number of rotatable bonds is 4. The van der Waals surface area contributed by atoms with E-state index in [-0.39, 0.29) is 5.91 Å². The SMILES string of the molecule is O=C(NCc1ccnc(N2CCCC2)c1)c1ccccc1Cl. The third-order valence-electron chi connectivity index (χ3n) is 3.81. The predicted molar refractivity (Wildman–Crippen MR) is 88.3 cm³/mol. The van der Waals surface area contributed by atoms with Crippen molar-refractivity contribution in [3.8, 4) is 0 Å². The Kier molecular flexibility index (Phi) is 4.59. The monoisotopic (exact) mass is 315 g/mol. The summed E-state index contributed by atoms with van der Waals surface area (Å²) in [5, 5.41) is 3.37. The fourth-order valence-electron chi connectivity index (χ4n) is 2.61. The quantitative estimate of drug-likeness (QED) is 0.942. The highest BCUT2D eigenvalue weighted by atomic mass is 35.5. The summed E-state index contributed by atoms with van der Waals surface area (Å²) in [6.45, 7) is 2.58. The summed E-state index contributed by atoms with van der Waals surface area (Å²) in [5.74, 6) is 0.826. The first kappa shape index (κ1) is 14.9. The number of hydrogen-bond acceptors (Lipinski definition) is 3. The lowest BCUT2D eigenvalue weighted by molar-refractivity contribution is 0.0951. The normalized spacial score (nSPS) is 14.1. The number of nitrogens with one attached hydrogen (secondary N) is 1. The fraction of sp³-hybridized carbons (Fsp3) is 0.294. The van der Waals surface area contributed by atoms with Gasteiger partial charge < -0.3 is 10.2 Å². The Balaban J connectivity index is 1.65. The number of nitrogens with zero attached hydrogens (tertiary/aromatic N) is 2. The van der Waals surface area contributed by atoms with E-state index >= 15 is 0 Å². The maximum absolute atomic E-state index is 12.2. The van der Waals surface area contributed by atoms with Gasteiger partial charge in [0, 0.05) is 25.8 Å². The minimum atomic E-state index is -0.162. The van der Waals surface area contributed by atoms with Crippen LogP contribution in [-0.4, -0.2) is 24.0 Å². The van der Waals surface area contributed by atoms with E-state index in [0.29, 0.717) is 17.1 Å². The van der Waals surface area contributed by atoms with Gasteiger partial charge >= 0.3 is 0 Å². The molecular formula is C17H18ClN3O. The van der Waals surface area contributed by atoms with Gasteiger partial charge in [-0.05, 0) is 42.7 Å². The van der Waals surface area contributed by atoms with E-state index in [1.807, 2.05) is 18.2 Å². The smallest absolute Gasteiger partial charge is 0.253 e. The number of benzene rings is 1. The molecule has 1 aromatic carbocycles.